The number of aliphatic imine (C=N–C) groups is 1. The van der Waals surface area contributed by atoms with E-state index in [0.29, 0.717) is 31.7 Å². The van der Waals surface area contributed by atoms with Gasteiger partial charge in [0.25, 0.3) is 0 Å². The zero-order valence-corrected chi connectivity index (χ0v) is 24.0. The Kier molecular flexibility index (Phi) is 9.67. The van der Waals surface area contributed by atoms with Gasteiger partial charge in [-0.3, -0.25) is 20.0 Å². The quantitative estimate of drug-likeness (QED) is 0.227. The molecule has 3 heterocycles. The maximum absolute atomic E-state index is 12.4. The number of aliphatic hydroxyl groups excluding tert-OH is 1. The summed E-state index contributed by atoms with van der Waals surface area (Å²) in [5.74, 6) is 0.554. The van der Waals surface area contributed by atoms with Crippen LogP contribution in [0.4, 0.5) is 0 Å². The number of benzene rings is 2. The Bertz CT molecular complexity index is 1350. The third-order valence-corrected chi connectivity index (χ3v) is 8.27. The van der Waals surface area contributed by atoms with Crippen molar-refractivity contribution in [1.29, 1.82) is 0 Å². The summed E-state index contributed by atoms with van der Waals surface area (Å²) in [6, 6.07) is 11.6. The van der Waals surface area contributed by atoms with Gasteiger partial charge >= 0.3 is 0 Å². The molecule has 0 spiro atoms. The SMILES string of the molecule is CCCCCC(O)CC(=O)CCc1ccc(O)c(OC[NH+]2C=C3C(Cc4cccc5c4CCNC5N)=CN=C3C2)c1. The van der Waals surface area contributed by atoms with E-state index in [0.717, 1.165) is 61.4 Å². The van der Waals surface area contributed by atoms with Crippen molar-refractivity contribution in [2.75, 3.05) is 19.8 Å². The van der Waals surface area contributed by atoms with Crippen LogP contribution in [0.3, 0.4) is 0 Å². The lowest BCUT2D eigenvalue weighted by Gasteiger charge is -2.26. The number of aromatic hydroxyl groups is 1. The van der Waals surface area contributed by atoms with Gasteiger partial charge in [0, 0.05) is 32.0 Å². The van der Waals surface area contributed by atoms with Crippen LogP contribution in [0, 0.1) is 0 Å². The lowest BCUT2D eigenvalue weighted by Crippen LogP contribution is -3.07. The number of ether oxygens (including phenoxy) is 1. The number of carbonyl (C=O) groups excluding carboxylic acids is 1. The van der Waals surface area contributed by atoms with E-state index in [1.165, 1.54) is 27.8 Å². The Hall–Kier alpha value is -3.30. The van der Waals surface area contributed by atoms with Crippen molar-refractivity contribution in [3.05, 3.63) is 82.2 Å². The first-order valence-electron chi connectivity index (χ1n) is 15.0. The highest BCUT2D eigenvalue weighted by atomic mass is 16.5. The number of unbranched alkanes of at least 4 members (excludes halogenated alkanes) is 2. The number of ketones is 1. The molecule has 3 atom stereocenters. The number of phenols is 1. The average molecular weight is 560 g/mol. The molecule has 0 amide bonds. The number of fused-ring (bicyclic) bond motifs is 2. The molecule has 2 aromatic carbocycles. The minimum absolute atomic E-state index is 0.0596. The van der Waals surface area contributed by atoms with E-state index in [4.69, 9.17) is 15.5 Å². The van der Waals surface area contributed by atoms with Crippen molar-refractivity contribution in [3.8, 4) is 11.5 Å². The second kappa shape index (κ2) is 13.6. The molecule has 8 nitrogen and oxygen atoms in total. The molecule has 0 aliphatic carbocycles. The number of rotatable bonds is 14. The number of phenolic OH excluding ortho intramolecular Hbond substituents is 1. The lowest BCUT2D eigenvalue weighted by atomic mass is 9.89. The largest absolute Gasteiger partial charge is 0.504 e. The predicted molar refractivity (Wildman–Crippen MR) is 160 cm³/mol. The highest BCUT2D eigenvalue weighted by molar-refractivity contribution is 6.08. The Labute approximate surface area is 242 Å². The third kappa shape index (κ3) is 7.32. The summed E-state index contributed by atoms with van der Waals surface area (Å²) in [6.45, 7) is 4.09. The molecule has 3 unspecified atom stereocenters. The van der Waals surface area contributed by atoms with Crippen LogP contribution < -0.4 is 20.7 Å². The molecule has 8 heteroatoms. The number of quaternary nitrogens is 1. The van der Waals surface area contributed by atoms with E-state index in [1.54, 1.807) is 6.07 Å². The summed E-state index contributed by atoms with van der Waals surface area (Å²) >= 11 is 0. The van der Waals surface area contributed by atoms with Gasteiger partial charge in [-0.15, -0.1) is 0 Å². The second-order valence-corrected chi connectivity index (χ2v) is 11.4. The van der Waals surface area contributed by atoms with Crippen LogP contribution in [0.15, 0.2) is 64.9 Å². The third-order valence-electron chi connectivity index (χ3n) is 8.27. The van der Waals surface area contributed by atoms with Gasteiger partial charge in [-0.1, -0.05) is 50.5 Å². The number of hydrogen-bond donors (Lipinski definition) is 5. The van der Waals surface area contributed by atoms with Gasteiger partial charge in [0.15, 0.2) is 11.5 Å². The van der Waals surface area contributed by atoms with Crippen molar-refractivity contribution in [2.45, 2.75) is 77.0 Å². The zero-order valence-electron chi connectivity index (χ0n) is 24.0. The maximum Gasteiger partial charge on any atom is 0.227 e. The van der Waals surface area contributed by atoms with E-state index in [9.17, 15) is 15.0 Å². The summed E-state index contributed by atoms with van der Waals surface area (Å²) < 4.78 is 6.04. The summed E-state index contributed by atoms with van der Waals surface area (Å²) in [6.07, 6.45) is 10.2. The van der Waals surface area contributed by atoms with Gasteiger partial charge in [0.05, 0.1) is 17.8 Å². The summed E-state index contributed by atoms with van der Waals surface area (Å²) in [7, 11) is 0. The number of nitrogens with zero attached hydrogens (tertiary/aromatic N) is 1. The first-order chi connectivity index (χ1) is 19.9. The fourth-order valence-electron chi connectivity index (χ4n) is 5.97. The normalized spacial score (nSPS) is 20.1. The van der Waals surface area contributed by atoms with Crippen LogP contribution in [-0.2, 0) is 24.1 Å². The molecule has 0 fully saturated rings. The van der Waals surface area contributed by atoms with Crippen LogP contribution >= 0.6 is 0 Å². The molecular formula is C33H43N4O4+. The molecule has 41 heavy (non-hydrogen) atoms. The molecule has 0 aromatic heterocycles. The van der Waals surface area contributed by atoms with E-state index < -0.39 is 6.10 Å². The van der Waals surface area contributed by atoms with Gasteiger partial charge in [-0.05, 0) is 59.2 Å². The van der Waals surface area contributed by atoms with Crippen LogP contribution in [0.1, 0.15) is 73.9 Å². The number of Topliss-reactive ketones (excluding diaryl/α,β-unsaturated/α-hetero) is 1. The minimum Gasteiger partial charge on any atom is -0.504 e. The molecule has 2 aromatic rings. The second-order valence-electron chi connectivity index (χ2n) is 11.4. The first kappa shape index (κ1) is 29.2. The Morgan fingerprint density at radius 1 is 1.27 bits per heavy atom. The Balaban J connectivity index is 1.14. The van der Waals surface area contributed by atoms with Crippen LogP contribution in [-0.4, -0.2) is 47.6 Å². The summed E-state index contributed by atoms with van der Waals surface area (Å²) in [5, 5.41) is 23.8. The number of nitrogens with one attached hydrogen (secondary N) is 2. The van der Waals surface area contributed by atoms with Crippen molar-refractivity contribution in [1.82, 2.24) is 5.32 Å². The Morgan fingerprint density at radius 2 is 2.15 bits per heavy atom. The van der Waals surface area contributed by atoms with Crippen LogP contribution in [0.5, 0.6) is 11.5 Å². The van der Waals surface area contributed by atoms with E-state index in [1.807, 2.05) is 18.3 Å². The molecule has 5 rings (SSSR count). The molecule has 218 valence electrons. The van der Waals surface area contributed by atoms with Crippen molar-refractivity contribution in [2.24, 2.45) is 10.7 Å². The molecule has 0 saturated heterocycles. The number of hydrogen-bond acceptors (Lipinski definition) is 7. The highest BCUT2D eigenvalue weighted by Gasteiger charge is 2.31. The highest BCUT2D eigenvalue weighted by Crippen LogP contribution is 2.30. The zero-order chi connectivity index (χ0) is 28.8. The van der Waals surface area contributed by atoms with Gasteiger partial charge in [-0.25, -0.2) is 0 Å². The molecule has 0 radical (unpaired) electrons. The fraction of sp³-hybridized carbons (Fsp3) is 0.455. The van der Waals surface area contributed by atoms with Gasteiger partial charge in [0.2, 0.25) is 6.73 Å². The maximum atomic E-state index is 12.4. The molecular weight excluding hydrogens is 516 g/mol. The number of allylic oxidation sites excluding steroid dienone is 1. The molecule has 0 saturated carbocycles. The number of aliphatic hydroxyl groups is 1. The van der Waals surface area contributed by atoms with Crippen LogP contribution in [0.25, 0.3) is 0 Å². The molecule has 3 aliphatic rings. The Morgan fingerprint density at radius 3 is 3.00 bits per heavy atom. The van der Waals surface area contributed by atoms with Gasteiger partial charge in [0.1, 0.15) is 24.2 Å². The average Bonchev–Trinajstić information content (AvgIpc) is 3.54. The van der Waals surface area contributed by atoms with Gasteiger partial charge in [-0.2, -0.15) is 0 Å². The molecule has 6 N–H and O–H groups in total. The predicted octanol–water partition coefficient (Wildman–Crippen LogP) is 3.03. The monoisotopic (exact) mass is 559 g/mol. The van der Waals surface area contributed by atoms with E-state index in [2.05, 4.69) is 36.6 Å². The lowest BCUT2D eigenvalue weighted by molar-refractivity contribution is -0.851. The van der Waals surface area contributed by atoms with E-state index >= 15 is 0 Å². The summed E-state index contributed by atoms with van der Waals surface area (Å²) in [5.41, 5.74) is 14.5. The number of nitrogens with two attached hydrogens (primary N) is 1. The smallest absolute Gasteiger partial charge is 0.227 e. The van der Waals surface area contributed by atoms with Crippen molar-refractivity contribution >= 4 is 11.5 Å². The molecule has 3 aliphatic heterocycles. The minimum atomic E-state index is -0.557. The first-order valence-corrected chi connectivity index (χ1v) is 15.0. The number of carbonyl (C=O) groups is 1. The van der Waals surface area contributed by atoms with Crippen molar-refractivity contribution < 1.29 is 24.6 Å². The topological polar surface area (TPSA) is 122 Å². The van der Waals surface area contributed by atoms with Crippen LogP contribution in [0.2, 0.25) is 0 Å². The fourth-order valence-corrected chi connectivity index (χ4v) is 5.97. The van der Waals surface area contributed by atoms with E-state index in [-0.39, 0.29) is 24.1 Å². The standard InChI is InChI=1S/C33H42N4O4/c1-2-3-4-7-25(38)17-26(39)11-9-22-10-12-31(40)32(15-22)41-21-37-19-29-24(18-36-30(29)20-37)16-23-6-5-8-28-27(23)13-14-35-33(28)34/h5-6,8,10,12,15,18-19,25,33,35,38,40H,2-4,7,9,11,13-14,16-17,20-21,34H2,1H3/p+1. The van der Waals surface area contributed by atoms with Crippen molar-refractivity contribution in [3.63, 3.8) is 0 Å². The molecule has 0 bridgehead atoms. The summed E-state index contributed by atoms with van der Waals surface area (Å²) in [4.78, 5) is 18.2. The van der Waals surface area contributed by atoms with Gasteiger partial charge < -0.3 is 20.7 Å². The number of aryl methyl sites for hydroxylation is 1.